The van der Waals surface area contributed by atoms with Crippen molar-refractivity contribution < 1.29 is 4.43 Å². The topological polar surface area (TPSA) is 9.23 Å². The van der Waals surface area contributed by atoms with Gasteiger partial charge in [-0.3, -0.25) is 0 Å². The van der Waals surface area contributed by atoms with Gasteiger partial charge >= 0.3 is 61.1 Å². The van der Waals surface area contributed by atoms with Crippen LogP contribution in [0.1, 0.15) is 0 Å². The molecule has 0 aliphatic carbocycles. The molecule has 0 radical (unpaired) electrons. The Bertz CT molecular complexity index is 95.1. The molecule has 0 aliphatic rings. The van der Waals surface area contributed by atoms with Crippen molar-refractivity contribution in [2.75, 3.05) is 0 Å². The summed E-state index contributed by atoms with van der Waals surface area (Å²) >= 11 is 1.89. The molecule has 0 saturated heterocycles. The van der Waals surface area contributed by atoms with Gasteiger partial charge in [-0.1, -0.05) is 0 Å². The first-order chi connectivity index (χ1) is 3.42. The number of hydrogen-bond acceptors (Lipinski definition) is 1. The molecule has 42 valence electrons. The van der Waals surface area contributed by atoms with Crippen LogP contribution < -0.4 is 0 Å². The Balaban J connectivity index is 3.55. The van der Waals surface area contributed by atoms with Crippen LogP contribution in [0.3, 0.4) is 0 Å². The van der Waals surface area contributed by atoms with Crippen molar-refractivity contribution >= 4 is 26.0 Å². The van der Waals surface area contributed by atoms with Crippen LogP contribution in [0, 0.1) is 0 Å². The van der Waals surface area contributed by atoms with Gasteiger partial charge in [-0.25, -0.2) is 0 Å². The fourth-order valence-electron chi connectivity index (χ4n) is 0.523. The Hall–Kier alpha value is 0.354. The first kappa shape index (κ1) is 8.35. The Labute approximate surface area is 61.4 Å². The summed E-state index contributed by atoms with van der Waals surface area (Å²) in [4.78, 5) is 0. The Morgan fingerprint density at radius 3 is 1.88 bits per heavy atom. The quantitative estimate of drug-likeness (QED) is 0.398. The second-order valence-electron chi connectivity index (χ2n) is 2.92. The summed E-state index contributed by atoms with van der Waals surface area (Å²) in [5, 5.41) is 0. The molecule has 0 bridgehead atoms. The maximum absolute atomic E-state index is 5.38. The molecule has 1 nitrogen and oxygen atoms in total. The normalized spacial score (nSPS) is 11.1. The molecule has 0 atom stereocenters. The molecule has 0 fully saturated rings. The molecule has 0 aromatic heterocycles. The van der Waals surface area contributed by atoms with E-state index in [1.165, 1.54) is 0 Å². The summed E-state index contributed by atoms with van der Waals surface area (Å²) < 4.78 is 6.22. The van der Waals surface area contributed by atoms with Crippen molar-refractivity contribution in [1.82, 2.24) is 0 Å². The van der Waals surface area contributed by atoms with Gasteiger partial charge in [0.15, 0.2) is 0 Å². The number of rotatable bonds is 2. The first-order valence-corrected chi connectivity index (χ1v) is 6.17. The fourth-order valence-corrected chi connectivity index (χ4v) is 1.57. The average Bonchev–Trinajstić information content (AvgIpc) is 1.21. The zero-order valence-corrected chi connectivity index (χ0v) is 7.12. The SMILES string of the molecule is [Li][C](=C)O[Si](C)(C)C. The van der Waals surface area contributed by atoms with Crippen molar-refractivity contribution in [2.45, 2.75) is 19.6 Å². The molecule has 0 amide bonds. The summed E-state index contributed by atoms with van der Waals surface area (Å²) in [6, 6.07) is 0. The van der Waals surface area contributed by atoms with Crippen LogP contribution in [-0.4, -0.2) is 26.0 Å². The molecule has 0 unspecified atom stereocenters. The van der Waals surface area contributed by atoms with E-state index >= 15 is 0 Å². The van der Waals surface area contributed by atoms with Crippen molar-refractivity contribution in [1.29, 1.82) is 0 Å². The van der Waals surface area contributed by atoms with Gasteiger partial charge < -0.3 is 0 Å². The van der Waals surface area contributed by atoms with E-state index in [4.69, 9.17) is 4.43 Å². The van der Waals surface area contributed by atoms with Gasteiger partial charge in [0.05, 0.1) is 0 Å². The molecular weight excluding hydrogens is 111 g/mol. The monoisotopic (exact) mass is 122 g/mol. The van der Waals surface area contributed by atoms with Crippen molar-refractivity contribution in [3.63, 3.8) is 0 Å². The molecule has 0 rings (SSSR count). The van der Waals surface area contributed by atoms with E-state index in [0.717, 1.165) is 4.43 Å². The summed E-state index contributed by atoms with van der Waals surface area (Å²) in [5.41, 5.74) is 0. The van der Waals surface area contributed by atoms with Crippen LogP contribution in [0.15, 0.2) is 11.0 Å². The number of hydrogen-bond donors (Lipinski definition) is 0. The van der Waals surface area contributed by atoms with Gasteiger partial charge in [-0.05, 0) is 0 Å². The molecule has 0 heterocycles. The Kier molecular flexibility index (Phi) is 2.89. The van der Waals surface area contributed by atoms with E-state index in [1.807, 2.05) is 17.7 Å². The minimum atomic E-state index is -1.32. The van der Waals surface area contributed by atoms with Gasteiger partial charge in [-0.2, -0.15) is 0 Å². The van der Waals surface area contributed by atoms with Gasteiger partial charge in [0, 0.05) is 0 Å². The summed E-state index contributed by atoms with van der Waals surface area (Å²) in [7, 11) is -1.32. The van der Waals surface area contributed by atoms with Crippen molar-refractivity contribution in [2.24, 2.45) is 0 Å². The van der Waals surface area contributed by atoms with Crippen LogP contribution in [0.2, 0.25) is 19.6 Å². The molecule has 0 spiro atoms. The van der Waals surface area contributed by atoms with E-state index in [0.29, 0.717) is 0 Å². The van der Waals surface area contributed by atoms with Crippen LogP contribution in [0.5, 0.6) is 0 Å². The van der Waals surface area contributed by atoms with Gasteiger partial charge in [-0.15, -0.1) is 0 Å². The van der Waals surface area contributed by atoms with Crippen LogP contribution in [0.4, 0.5) is 0 Å². The van der Waals surface area contributed by atoms with E-state index in [1.54, 1.807) is 0 Å². The molecule has 0 saturated carbocycles. The fraction of sp³-hybridized carbons (Fsp3) is 0.600. The summed E-state index contributed by atoms with van der Waals surface area (Å²) in [6.45, 7) is 10.1. The third-order valence-corrected chi connectivity index (χ3v) is 1.44. The molecule has 0 aromatic carbocycles. The Morgan fingerprint density at radius 1 is 1.50 bits per heavy atom. The summed E-state index contributed by atoms with van der Waals surface area (Å²) in [6.07, 6.45) is 0. The second-order valence-corrected chi connectivity index (χ2v) is 7.35. The maximum atomic E-state index is 5.38. The second kappa shape index (κ2) is 2.77. The average molecular weight is 122 g/mol. The minimum absolute atomic E-state index is 0.837. The van der Waals surface area contributed by atoms with Crippen molar-refractivity contribution in [3.05, 3.63) is 11.0 Å². The summed E-state index contributed by atoms with van der Waals surface area (Å²) in [5.74, 6) is 0. The predicted molar refractivity (Wildman–Crippen MR) is 39.3 cm³/mol. The van der Waals surface area contributed by atoms with E-state index < -0.39 is 8.32 Å². The predicted octanol–water partition coefficient (Wildman–Crippen LogP) is 1.48. The van der Waals surface area contributed by atoms with Crippen LogP contribution >= 0.6 is 0 Å². The standard InChI is InChI=1S/C5H11OSi.Li/c1-5-6-7(2,3)4;/h1H2,2-4H3;. The molecular formula is C5H11LiOSi. The van der Waals surface area contributed by atoms with E-state index in [2.05, 4.69) is 26.2 Å². The van der Waals surface area contributed by atoms with E-state index in [-0.39, 0.29) is 0 Å². The first-order valence-electron chi connectivity index (χ1n) is 2.76. The zero-order chi connectivity index (χ0) is 6.78. The van der Waals surface area contributed by atoms with Gasteiger partial charge in [0.1, 0.15) is 0 Å². The van der Waals surface area contributed by atoms with E-state index in [9.17, 15) is 0 Å². The Morgan fingerprint density at radius 2 is 1.88 bits per heavy atom. The third kappa shape index (κ3) is 6.35. The van der Waals surface area contributed by atoms with Crippen molar-refractivity contribution in [3.8, 4) is 0 Å². The van der Waals surface area contributed by atoms with Gasteiger partial charge in [0.2, 0.25) is 0 Å². The van der Waals surface area contributed by atoms with Gasteiger partial charge in [0.25, 0.3) is 0 Å². The third-order valence-electron chi connectivity index (χ3n) is 0.480. The molecule has 3 heteroatoms. The molecule has 0 N–H and O–H groups in total. The van der Waals surface area contributed by atoms with Crippen LogP contribution in [-0.2, 0) is 4.43 Å². The zero-order valence-electron chi connectivity index (χ0n) is 6.12. The molecule has 0 aliphatic heterocycles. The van der Waals surface area contributed by atoms with Crippen LogP contribution in [0.25, 0.3) is 0 Å². The molecule has 0 aromatic rings. The molecule has 8 heavy (non-hydrogen) atoms.